The summed E-state index contributed by atoms with van der Waals surface area (Å²) in [5.41, 5.74) is 6.34. The third-order valence-electron chi connectivity index (χ3n) is 4.73. The van der Waals surface area contributed by atoms with Crippen LogP contribution < -0.4 is 5.73 Å². The Kier molecular flexibility index (Phi) is 4.66. The first-order valence-electron chi connectivity index (χ1n) is 7.31. The minimum absolute atomic E-state index is 0.445. The summed E-state index contributed by atoms with van der Waals surface area (Å²) in [5, 5.41) is 0. The van der Waals surface area contributed by atoms with Crippen molar-refractivity contribution in [1.29, 1.82) is 0 Å². The summed E-state index contributed by atoms with van der Waals surface area (Å²) in [4.78, 5) is 2.70. The fraction of sp³-hybridized carbons (Fsp3) is 1.00. The molecule has 0 spiro atoms. The molecular formula is C14H28N2. The molecule has 2 fully saturated rings. The molecule has 0 bridgehead atoms. The van der Waals surface area contributed by atoms with Crippen LogP contribution in [0.4, 0.5) is 0 Å². The minimum Gasteiger partial charge on any atom is -0.326 e. The third-order valence-corrected chi connectivity index (χ3v) is 4.73. The molecule has 0 amide bonds. The molecule has 2 nitrogen and oxygen atoms in total. The summed E-state index contributed by atoms with van der Waals surface area (Å²) in [6.45, 7) is 4.94. The summed E-state index contributed by atoms with van der Waals surface area (Å²) in [5.74, 6) is 0.984. The molecule has 0 aromatic carbocycles. The van der Waals surface area contributed by atoms with E-state index in [1.54, 1.807) is 0 Å². The van der Waals surface area contributed by atoms with Crippen molar-refractivity contribution in [2.75, 3.05) is 13.1 Å². The molecule has 2 N–H and O–H groups in total. The molecule has 0 aromatic rings. The van der Waals surface area contributed by atoms with E-state index in [-0.39, 0.29) is 0 Å². The lowest BCUT2D eigenvalue weighted by Gasteiger charge is -2.39. The molecule has 2 heteroatoms. The quantitative estimate of drug-likeness (QED) is 0.731. The molecule has 0 aromatic heterocycles. The van der Waals surface area contributed by atoms with E-state index in [1.807, 2.05) is 0 Å². The maximum Gasteiger partial charge on any atom is 0.0247 e. The fourth-order valence-electron chi connectivity index (χ4n) is 3.46. The predicted octanol–water partition coefficient (Wildman–Crippen LogP) is 2.77. The van der Waals surface area contributed by atoms with Crippen molar-refractivity contribution in [1.82, 2.24) is 4.90 Å². The van der Waals surface area contributed by atoms with Crippen molar-refractivity contribution in [2.24, 2.45) is 11.7 Å². The van der Waals surface area contributed by atoms with Gasteiger partial charge in [0.05, 0.1) is 0 Å². The monoisotopic (exact) mass is 224 g/mol. The zero-order valence-corrected chi connectivity index (χ0v) is 10.8. The van der Waals surface area contributed by atoms with Gasteiger partial charge in [0.1, 0.15) is 0 Å². The molecule has 1 aliphatic heterocycles. The molecule has 2 atom stereocenters. The average molecular weight is 224 g/mol. The Morgan fingerprint density at radius 2 is 1.69 bits per heavy atom. The van der Waals surface area contributed by atoms with Crippen LogP contribution in [-0.2, 0) is 0 Å². The van der Waals surface area contributed by atoms with E-state index >= 15 is 0 Å². The first-order valence-corrected chi connectivity index (χ1v) is 7.31. The number of rotatable bonds is 2. The van der Waals surface area contributed by atoms with Crippen molar-refractivity contribution < 1.29 is 0 Å². The first-order chi connectivity index (χ1) is 7.81. The molecule has 0 radical (unpaired) electrons. The average Bonchev–Trinajstić information content (AvgIpc) is 2.54. The van der Waals surface area contributed by atoms with Gasteiger partial charge in [-0.25, -0.2) is 0 Å². The first kappa shape index (κ1) is 12.4. The van der Waals surface area contributed by atoms with E-state index in [4.69, 9.17) is 5.73 Å². The van der Waals surface area contributed by atoms with Crippen molar-refractivity contribution in [3.05, 3.63) is 0 Å². The highest BCUT2D eigenvalue weighted by Gasteiger charge is 2.29. The molecule has 1 saturated carbocycles. The Balaban J connectivity index is 1.86. The Morgan fingerprint density at radius 3 is 2.38 bits per heavy atom. The zero-order chi connectivity index (χ0) is 11.4. The Bertz CT molecular complexity index is 197. The lowest BCUT2D eigenvalue weighted by Crippen LogP contribution is -2.50. The summed E-state index contributed by atoms with van der Waals surface area (Å²) in [7, 11) is 0. The van der Waals surface area contributed by atoms with Crippen LogP contribution in [0, 0.1) is 5.92 Å². The van der Waals surface area contributed by atoms with Gasteiger partial charge in [-0.05, 0) is 44.7 Å². The van der Waals surface area contributed by atoms with Gasteiger partial charge < -0.3 is 5.73 Å². The van der Waals surface area contributed by atoms with Gasteiger partial charge in [-0.15, -0.1) is 0 Å². The number of likely N-dealkylation sites (tertiary alicyclic amines) is 1. The normalized spacial score (nSPS) is 34.9. The van der Waals surface area contributed by atoms with Gasteiger partial charge >= 0.3 is 0 Å². The molecule has 2 rings (SSSR count). The highest BCUT2D eigenvalue weighted by molar-refractivity contribution is 4.87. The van der Waals surface area contributed by atoms with Gasteiger partial charge in [0.25, 0.3) is 0 Å². The van der Waals surface area contributed by atoms with Crippen LogP contribution in [0.2, 0.25) is 0 Å². The molecule has 94 valence electrons. The maximum atomic E-state index is 6.34. The van der Waals surface area contributed by atoms with Crippen LogP contribution in [0.5, 0.6) is 0 Å². The molecule has 2 unspecified atom stereocenters. The summed E-state index contributed by atoms with van der Waals surface area (Å²) < 4.78 is 0. The Morgan fingerprint density at radius 1 is 1.00 bits per heavy atom. The highest BCUT2D eigenvalue weighted by Crippen LogP contribution is 2.27. The van der Waals surface area contributed by atoms with E-state index in [1.165, 1.54) is 64.5 Å². The smallest absolute Gasteiger partial charge is 0.0247 e. The van der Waals surface area contributed by atoms with E-state index < -0.39 is 0 Å². The van der Waals surface area contributed by atoms with Crippen LogP contribution in [0.1, 0.15) is 58.3 Å². The number of nitrogens with two attached hydrogens (primary N) is 1. The topological polar surface area (TPSA) is 29.3 Å². The van der Waals surface area contributed by atoms with Crippen LogP contribution in [0.3, 0.4) is 0 Å². The van der Waals surface area contributed by atoms with E-state index in [0.717, 1.165) is 5.92 Å². The molecule has 16 heavy (non-hydrogen) atoms. The Hall–Kier alpha value is -0.0800. The van der Waals surface area contributed by atoms with Gasteiger partial charge in [0.2, 0.25) is 0 Å². The lowest BCUT2D eigenvalue weighted by atomic mass is 9.91. The van der Waals surface area contributed by atoms with Crippen molar-refractivity contribution in [2.45, 2.75) is 70.4 Å². The predicted molar refractivity (Wildman–Crippen MR) is 69.4 cm³/mol. The van der Waals surface area contributed by atoms with Crippen molar-refractivity contribution in [3.8, 4) is 0 Å². The number of piperidine rings is 1. The third kappa shape index (κ3) is 2.98. The fourth-order valence-corrected chi connectivity index (χ4v) is 3.46. The largest absolute Gasteiger partial charge is 0.326 e. The van der Waals surface area contributed by atoms with Gasteiger partial charge in [-0.1, -0.05) is 32.6 Å². The van der Waals surface area contributed by atoms with E-state index in [0.29, 0.717) is 12.1 Å². The zero-order valence-electron chi connectivity index (χ0n) is 10.8. The van der Waals surface area contributed by atoms with Gasteiger partial charge in [-0.2, -0.15) is 0 Å². The van der Waals surface area contributed by atoms with Crippen molar-refractivity contribution in [3.63, 3.8) is 0 Å². The molecule has 2 aliphatic rings. The van der Waals surface area contributed by atoms with Crippen LogP contribution in [-0.4, -0.2) is 30.1 Å². The van der Waals surface area contributed by atoms with Crippen LogP contribution >= 0.6 is 0 Å². The summed E-state index contributed by atoms with van der Waals surface area (Å²) in [6.07, 6.45) is 10.9. The second kappa shape index (κ2) is 6.02. The van der Waals surface area contributed by atoms with Crippen LogP contribution in [0.25, 0.3) is 0 Å². The van der Waals surface area contributed by atoms with Gasteiger partial charge in [0.15, 0.2) is 0 Å². The lowest BCUT2D eigenvalue weighted by molar-refractivity contribution is 0.109. The molecular weight excluding hydrogens is 196 g/mol. The maximum absolute atomic E-state index is 6.34. The molecule has 1 saturated heterocycles. The van der Waals surface area contributed by atoms with E-state index in [2.05, 4.69) is 11.8 Å². The SMILES string of the molecule is CCC1CCN(C2CCCCCC2N)CC1. The Labute approximate surface area is 101 Å². The van der Waals surface area contributed by atoms with Crippen LogP contribution in [0.15, 0.2) is 0 Å². The van der Waals surface area contributed by atoms with Crippen molar-refractivity contribution >= 4 is 0 Å². The number of hydrogen-bond acceptors (Lipinski definition) is 2. The molecule has 1 heterocycles. The summed E-state index contributed by atoms with van der Waals surface area (Å²) >= 11 is 0. The second-order valence-corrected chi connectivity index (χ2v) is 5.76. The molecule has 1 aliphatic carbocycles. The standard InChI is InChI=1S/C14H28N2/c1-2-12-8-10-16(11-9-12)14-7-5-3-4-6-13(14)15/h12-14H,2-11,15H2,1H3. The summed E-state index contributed by atoms with van der Waals surface area (Å²) in [6, 6.07) is 1.14. The highest BCUT2D eigenvalue weighted by atomic mass is 15.2. The van der Waals surface area contributed by atoms with Gasteiger partial charge in [-0.3, -0.25) is 4.90 Å². The van der Waals surface area contributed by atoms with E-state index in [9.17, 15) is 0 Å². The number of hydrogen-bond donors (Lipinski definition) is 1. The second-order valence-electron chi connectivity index (χ2n) is 5.76. The van der Waals surface area contributed by atoms with Gasteiger partial charge in [0, 0.05) is 12.1 Å². The minimum atomic E-state index is 0.445. The number of nitrogens with zero attached hydrogens (tertiary/aromatic N) is 1.